The van der Waals surface area contributed by atoms with Gasteiger partial charge in [0.25, 0.3) is 0 Å². The third-order valence-corrected chi connectivity index (χ3v) is 4.18. The molecule has 0 atom stereocenters. The zero-order valence-corrected chi connectivity index (χ0v) is 7.82. The van der Waals surface area contributed by atoms with Crippen LogP contribution in [0.5, 0.6) is 0 Å². The molecule has 0 amide bonds. The van der Waals surface area contributed by atoms with Gasteiger partial charge in [-0.25, -0.2) is 0 Å². The Morgan fingerprint density at radius 2 is 1.82 bits per heavy atom. The van der Waals surface area contributed by atoms with E-state index in [1.165, 1.54) is 32.1 Å². The van der Waals surface area contributed by atoms with Crippen molar-refractivity contribution in [3.05, 3.63) is 6.92 Å². The third kappa shape index (κ3) is 0.947. The van der Waals surface area contributed by atoms with Crippen molar-refractivity contribution in [2.45, 2.75) is 46.0 Å². The summed E-state index contributed by atoms with van der Waals surface area (Å²) >= 11 is 0. The predicted octanol–water partition coefficient (Wildman–Crippen LogP) is 3.43. The summed E-state index contributed by atoms with van der Waals surface area (Å²) in [6, 6.07) is 0. The fraction of sp³-hybridized carbons (Fsp3) is 0.909. The normalized spacial score (nSPS) is 43.4. The van der Waals surface area contributed by atoms with Crippen LogP contribution in [0.1, 0.15) is 46.0 Å². The largest absolute Gasteiger partial charge is 0.0594 e. The van der Waals surface area contributed by atoms with Gasteiger partial charge in [0.1, 0.15) is 0 Å². The average molecular weight is 151 g/mol. The molecule has 0 nitrogen and oxygen atoms in total. The molecule has 2 aliphatic carbocycles. The van der Waals surface area contributed by atoms with Crippen LogP contribution in [-0.4, -0.2) is 0 Å². The first-order valence-electron chi connectivity index (χ1n) is 4.89. The van der Waals surface area contributed by atoms with Gasteiger partial charge >= 0.3 is 0 Å². The van der Waals surface area contributed by atoms with Gasteiger partial charge in [0.05, 0.1) is 0 Å². The van der Waals surface area contributed by atoms with E-state index in [0.29, 0.717) is 10.8 Å². The molecule has 11 heavy (non-hydrogen) atoms. The molecule has 2 rings (SSSR count). The lowest BCUT2D eigenvalue weighted by Crippen LogP contribution is -2.31. The molecule has 0 spiro atoms. The van der Waals surface area contributed by atoms with E-state index < -0.39 is 0 Å². The molecule has 0 aliphatic heterocycles. The van der Waals surface area contributed by atoms with Crippen LogP contribution >= 0.6 is 0 Å². The van der Waals surface area contributed by atoms with E-state index in [0.717, 1.165) is 5.92 Å². The minimum Gasteiger partial charge on any atom is -0.0594 e. The van der Waals surface area contributed by atoms with Crippen LogP contribution in [0.25, 0.3) is 0 Å². The number of hydrogen-bond donors (Lipinski definition) is 0. The Labute approximate surface area is 70.4 Å². The predicted molar refractivity (Wildman–Crippen MR) is 48.1 cm³/mol. The fourth-order valence-corrected chi connectivity index (χ4v) is 3.14. The van der Waals surface area contributed by atoms with Crippen LogP contribution in [0, 0.1) is 23.7 Å². The van der Waals surface area contributed by atoms with Crippen molar-refractivity contribution in [1.29, 1.82) is 0 Å². The fourth-order valence-electron chi connectivity index (χ4n) is 3.14. The molecule has 0 heterocycles. The van der Waals surface area contributed by atoms with Crippen molar-refractivity contribution in [1.82, 2.24) is 0 Å². The molecular weight excluding hydrogens is 132 g/mol. The molecule has 2 aliphatic rings. The van der Waals surface area contributed by atoms with Crippen LogP contribution in [-0.2, 0) is 0 Å². The van der Waals surface area contributed by atoms with Gasteiger partial charge in [0.15, 0.2) is 0 Å². The summed E-state index contributed by atoms with van der Waals surface area (Å²) in [7, 11) is 0. The Morgan fingerprint density at radius 3 is 2.00 bits per heavy atom. The SMILES string of the molecule is [CH2]C(C)(C)C12CCC(CC1)C2. The van der Waals surface area contributed by atoms with Gasteiger partial charge in [0, 0.05) is 0 Å². The van der Waals surface area contributed by atoms with Crippen LogP contribution in [0.4, 0.5) is 0 Å². The van der Waals surface area contributed by atoms with E-state index in [-0.39, 0.29) is 0 Å². The van der Waals surface area contributed by atoms with Gasteiger partial charge < -0.3 is 0 Å². The second-order valence-corrected chi connectivity index (χ2v) is 5.31. The van der Waals surface area contributed by atoms with Gasteiger partial charge in [-0.2, -0.15) is 0 Å². The summed E-state index contributed by atoms with van der Waals surface area (Å²) in [5, 5.41) is 0. The molecule has 0 heteroatoms. The second-order valence-electron chi connectivity index (χ2n) is 5.31. The van der Waals surface area contributed by atoms with Crippen LogP contribution in [0.3, 0.4) is 0 Å². The highest BCUT2D eigenvalue weighted by Crippen LogP contribution is 2.62. The van der Waals surface area contributed by atoms with E-state index in [1.54, 1.807) is 0 Å². The summed E-state index contributed by atoms with van der Waals surface area (Å²) in [4.78, 5) is 0. The first-order valence-corrected chi connectivity index (χ1v) is 4.89. The van der Waals surface area contributed by atoms with Crippen molar-refractivity contribution in [2.75, 3.05) is 0 Å². The zero-order chi connectivity index (χ0) is 8.11. The summed E-state index contributed by atoms with van der Waals surface area (Å²) in [6.45, 7) is 8.96. The molecule has 63 valence electrons. The van der Waals surface area contributed by atoms with E-state index in [4.69, 9.17) is 0 Å². The van der Waals surface area contributed by atoms with E-state index in [9.17, 15) is 0 Å². The maximum absolute atomic E-state index is 4.32. The molecule has 1 radical (unpaired) electrons. The smallest absolute Gasteiger partial charge is 0.0243 e. The molecule has 2 saturated carbocycles. The minimum absolute atomic E-state index is 0.318. The standard InChI is InChI=1S/C11H19/c1-10(2,3)11-6-4-9(8-11)5-7-11/h9H,1,4-8H2,2-3H3. The number of hydrogen-bond acceptors (Lipinski definition) is 0. The first kappa shape index (κ1) is 7.64. The van der Waals surface area contributed by atoms with Gasteiger partial charge in [-0.15, -0.1) is 0 Å². The Morgan fingerprint density at radius 1 is 1.27 bits per heavy atom. The summed E-state index contributed by atoms with van der Waals surface area (Å²) in [5.74, 6) is 1.07. The topological polar surface area (TPSA) is 0 Å². The molecular formula is C11H19. The van der Waals surface area contributed by atoms with Crippen molar-refractivity contribution >= 4 is 0 Å². The van der Waals surface area contributed by atoms with Crippen LogP contribution in [0.15, 0.2) is 0 Å². The van der Waals surface area contributed by atoms with Crippen molar-refractivity contribution in [2.24, 2.45) is 16.7 Å². The Kier molecular flexibility index (Phi) is 1.41. The lowest BCUT2D eigenvalue weighted by atomic mass is 9.65. The van der Waals surface area contributed by atoms with Gasteiger partial charge in [-0.1, -0.05) is 13.8 Å². The van der Waals surface area contributed by atoms with Gasteiger partial charge in [-0.05, 0) is 55.8 Å². The number of fused-ring (bicyclic) bond motifs is 2. The molecule has 2 bridgehead atoms. The minimum atomic E-state index is 0.318. The quantitative estimate of drug-likeness (QED) is 0.538. The highest BCUT2D eigenvalue weighted by atomic mass is 14.6. The van der Waals surface area contributed by atoms with Crippen LogP contribution in [0.2, 0.25) is 0 Å². The van der Waals surface area contributed by atoms with Crippen molar-refractivity contribution in [3.8, 4) is 0 Å². The van der Waals surface area contributed by atoms with Crippen molar-refractivity contribution < 1.29 is 0 Å². The lowest BCUT2D eigenvalue weighted by molar-refractivity contribution is 0.124. The summed E-state index contributed by atoms with van der Waals surface area (Å²) < 4.78 is 0. The molecule has 0 aromatic rings. The highest BCUT2D eigenvalue weighted by Gasteiger charge is 2.51. The third-order valence-electron chi connectivity index (χ3n) is 4.18. The molecule has 0 unspecified atom stereocenters. The monoisotopic (exact) mass is 151 g/mol. The molecule has 0 aromatic carbocycles. The number of rotatable bonds is 1. The highest BCUT2D eigenvalue weighted by molar-refractivity contribution is 5.04. The Bertz CT molecular complexity index is 153. The zero-order valence-electron chi connectivity index (χ0n) is 7.82. The van der Waals surface area contributed by atoms with Gasteiger partial charge in [-0.3, -0.25) is 0 Å². The van der Waals surface area contributed by atoms with E-state index in [2.05, 4.69) is 20.8 Å². The maximum Gasteiger partial charge on any atom is -0.0243 e. The first-order chi connectivity index (χ1) is 5.04. The van der Waals surface area contributed by atoms with Crippen LogP contribution < -0.4 is 0 Å². The average Bonchev–Trinajstić information content (AvgIpc) is 2.42. The van der Waals surface area contributed by atoms with E-state index in [1.807, 2.05) is 0 Å². The molecule has 2 fully saturated rings. The lowest BCUT2D eigenvalue weighted by Gasteiger charge is -2.40. The Balaban J connectivity index is 2.23. The summed E-state index contributed by atoms with van der Waals surface area (Å²) in [5.41, 5.74) is 0.954. The molecule has 0 saturated heterocycles. The van der Waals surface area contributed by atoms with Gasteiger partial charge in [0.2, 0.25) is 0 Å². The molecule has 0 N–H and O–H groups in total. The second kappa shape index (κ2) is 2.02. The van der Waals surface area contributed by atoms with Crippen molar-refractivity contribution in [3.63, 3.8) is 0 Å². The summed E-state index contributed by atoms with van der Waals surface area (Å²) in [6.07, 6.45) is 7.35. The van der Waals surface area contributed by atoms with E-state index >= 15 is 0 Å². The maximum atomic E-state index is 4.32. The Hall–Kier alpha value is 0. The molecule has 0 aromatic heterocycles.